The highest BCUT2D eigenvalue weighted by Gasteiger charge is 2.44. The van der Waals surface area contributed by atoms with Crippen molar-refractivity contribution in [2.75, 3.05) is 18.9 Å². The van der Waals surface area contributed by atoms with Crippen molar-refractivity contribution in [3.8, 4) is 11.8 Å². The first-order valence-corrected chi connectivity index (χ1v) is 7.78. The van der Waals surface area contributed by atoms with Crippen LogP contribution in [-0.2, 0) is 9.53 Å². The molecule has 11 nitrogen and oxygen atoms in total. The van der Waals surface area contributed by atoms with Gasteiger partial charge in [0.15, 0.2) is 17.7 Å². The second-order valence-corrected chi connectivity index (χ2v) is 5.70. The molecule has 0 aromatic carbocycles. The van der Waals surface area contributed by atoms with E-state index >= 15 is 0 Å². The number of hydrogen-bond donors (Lipinski definition) is 5. The molecular weight excluding hydrogens is 344 g/mol. The number of hydrogen-bond acceptors (Lipinski definition) is 9. The monoisotopic (exact) mass is 362 g/mol. The zero-order valence-electron chi connectivity index (χ0n) is 13.8. The molecular formula is C15H18N6O5. The van der Waals surface area contributed by atoms with Crippen LogP contribution >= 0.6 is 0 Å². The number of aromatic nitrogens is 4. The third-order valence-corrected chi connectivity index (χ3v) is 3.87. The molecule has 3 rings (SSSR count). The Hall–Kier alpha value is -2.78. The van der Waals surface area contributed by atoms with Crippen LogP contribution in [-0.4, -0.2) is 72.2 Å². The van der Waals surface area contributed by atoms with Crippen molar-refractivity contribution in [1.29, 1.82) is 0 Å². The highest BCUT2D eigenvalue weighted by atomic mass is 16.6. The smallest absolute Gasteiger partial charge is 0.217 e. The lowest BCUT2D eigenvalue weighted by Crippen LogP contribution is -2.33. The minimum Gasteiger partial charge on any atom is -0.394 e. The molecule has 11 heteroatoms. The Morgan fingerprint density at radius 1 is 1.42 bits per heavy atom. The van der Waals surface area contributed by atoms with Crippen LogP contribution in [0.3, 0.4) is 0 Å². The number of amides is 1. The number of nitrogens with zero attached hydrogens (tertiary/aromatic N) is 4. The number of carbonyl (C=O) groups is 1. The molecule has 0 saturated carbocycles. The second kappa shape index (κ2) is 7.22. The van der Waals surface area contributed by atoms with Crippen molar-refractivity contribution >= 4 is 22.9 Å². The number of imidazole rings is 1. The number of carbonyl (C=O) groups excluding carboxylic acids is 1. The van der Waals surface area contributed by atoms with E-state index in [9.17, 15) is 20.1 Å². The van der Waals surface area contributed by atoms with Crippen LogP contribution in [0.4, 0.5) is 5.82 Å². The highest BCUT2D eigenvalue weighted by molar-refractivity contribution is 5.82. The molecule has 0 aliphatic carbocycles. The highest BCUT2D eigenvalue weighted by Crippen LogP contribution is 2.31. The van der Waals surface area contributed by atoms with Crippen molar-refractivity contribution in [2.24, 2.45) is 0 Å². The molecule has 26 heavy (non-hydrogen) atoms. The van der Waals surface area contributed by atoms with Gasteiger partial charge in [0.25, 0.3) is 0 Å². The average molecular weight is 362 g/mol. The first-order chi connectivity index (χ1) is 12.4. The minimum absolute atomic E-state index is 0.0873. The number of rotatable bonds is 3. The lowest BCUT2D eigenvalue weighted by atomic mass is 10.1. The summed E-state index contributed by atoms with van der Waals surface area (Å²) in [6.45, 7) is 1.06. The summed E-state index contributed by atoms with van der Waals surface area (Å²) in [4.78, 5) is 23.2. The molecule has 1 amide bonds. The summed E-state index contributed by atoms with van der Waals surface area (Å²) in [6.07, 6.45) is -3.11. The maximum absolute atomic E-state index is 10.8. The Morgan fingerprint density at radius 3 is 2.85 bits per heavy atom. The van der Waals surface area contributed by atoms with Crippen LogP contribution in [0.1, 0.15) is 19.0 Å². The van der Waals surface area contributed by atoms with E-state index in [4.69, 9.17) is 10.5 Å². The Morgan fingerprint density at radius 2 is 2.19 bits per heavy atom. The third-order valence-electron chi connectivity index (χ3n) is 3.87. The molecule has 6 N–H and O–H groups in total. The SMILES string of the molecule is CC(=O)NCC#Cc1nc(N)c2ncn([C@@H]3O[C@H](CO)[C@@H](O)[C@H]3O)c2n1. The molecule has 138 valence electrons. The van der Waals surface area contributed by atoms with Crippen molar-refractivity contribution < 1.29 is 24.9 Å². The fourth-order valence-electron chi connectivity index (χ4n) is 2.58. The lowest BCUT2D eigenvalue weighted by Gasteiger charge is -2.16. The Labute approximate surface area is 147 Å². The number of anilines is 1. The van der Waals surface area contributed by atoms with E-state index in [-0.39, 0.29) is 35.3 Å². The summed E-state index contributed by atoms with van der Waals surface area (Å²) >= 11 is 0. The van der Waals surface area contributed by atoms with Gasteiger partial charge in [-0.3, -0.25) is 9.36 Å². The number of fused-ring (bicyclic) bond motifs is 1. The van der Waals surface area contributed by atoms with E-state index in [0.29, 0.717) is 0 Å². The van der Waals surface area contributed by atoms with Crippen molar-refractivity contribution in [1.82, 2.24) is 24.8 Å². The summed E-state index contributed by atoms with van der Waals surface area (Å²) in [6, 6.07) is 0. The lowest BCUT2D eigenvalue weighted by molar-refractivity contribution is -0.118. The van der Waals surface area contributed by atoms with Gasteiger partial charge in [0.05, 0.1) is 19.5 Å². The van der Waals surface area contributed by atoms with Crippen LogP contribution in [0.25, 0.3) is 11.2 Å². The van der Waals surface area contributed by atoms with Crippen LogP contribution in [0.5, 0.6) is 0 Å². The summed E-state index contributed by atoms with van der Waals surface area (Å²) in [5.41, 5.74) is 6.43. The maximum Gasteiger partial charge on any atom is 0.217 e. The van der Waals surface area contributed by atoms with Crippen LogP contribution in [0.15, 0.2) is 6.33 Å². The van der Waals surface area contributed by atoms with Gasteiger partial charge in [-0.05, 0) is 5.92 Å². The van der Waals surface area contributed by atoms with Gasteiger partial charge in [0.2, 0.25) is 11.7 Å². The van der Waals surface area contributed by atoms with E-state index in [1.807, 2.05) is 0 Å². The van der Waals surface area contributed by atoms with Crippen molar-refractivity contribution in [3.05, 3.63) is 12.2 Å². The van der Waals surface area contributed by atoms with E-state index in [0.717, 1.165) is 0 Å². The molecule has 1 fully saturated rings. The summed E-state index contributed by atoms with van der Waals surface area (Å²) in [5, 5.41) is 31.8. The van der Waals surface area contributed by atoms with E-state index < -0.39 is 31.1 Å². The fourth-order valence-corrected chi connectivity index (χ4v) is 2.58. The molecule has 0 radical (unpaired) electrons. The second-order valence-electron chi connectivity index (χ2n) is 5.70. The first-order valence-electron chi connectivity index (χ1n) is 7.78. The van der Waals surface area contributed by atoms with Gasteiger partial charge in [-0.15, -0.1) is 0 Å². The van der Waals surface area contributed by atoms with E-state index in [2.05, 4.69) is 32.1 Å². The number of ether oxygens (including phenoxy) is 1. The topological polar surface area (TPSA) is 169 Å². The van der Waals surface area contributed by atoms with Gasteiger partial charge in [-0.25, -0.2) is 15.0 Å². The molecule has 1 saturated heterocycles. The van der Waals surface area contributed by atoms with Crippen LogP contribution < -0.4 is 11.1 Å². The molecule has 0 spiro atoms. The standard InChI is InChI=1S/C15H18N6O5/c1-7(23)17-4-2-3-9-19-13(16)10-14(20-9)21(6-18-10)15-12(25)11(24)8(5-22)26-15/h6,8,11-12,15,22,24-25H,4-5H2,1H3,(H,17,23)(H2,16,19,20)/t8-,11-,12-,15-/m1/s1. The van der Waals surface area contributed by atoms with Crippen molar-refractivity contribution in [3.63, 3.8) is 0 Å². The maximum atomic E-state index is 10.8. The zero-order chi connectivity index (χ0) is 18.8. The molecule has 3 heterocycles. The number of nitrogens with one attached hydrogen (secondary N) is 1. The summed E-state index contributed by atoms with van der Waals surface area (Å²) < 4.78 is 6.88. The molecule has 1 aliphatic rings. The number of aliphatic hydroxyl groups is 3. The Bertz CT molecular complexity index is 888. The summed E-state index contributed by atoms with van der Waals surface area (Å²) in [5.74, 6) is 5.35. The molecule has 0 bridgehead atoms. The molecule has 4 atom stereocenters. The van der Waals surface area contributed by atoms with Gasteiger partial charge >= 0.3 is 0 Å². The molecule has 1 aliphatic heterocycles. The summed E-state index contributed by atoms with van der Waals surface area (Å²) in [7, 11) is 0. The van der Waals surface area contributed by atoms with Gasteiger partial charge in [-0.1, -0.05) is 5.92 Å². The van der Waals surface area contributed by atoms with Gasteiger partial charge in [0.1, 0.15) is 23.8 Å². The van der Waals surface area contributed by atoms with Crippen LogP contribution in [0.2, 0.25) is 0 Å². The van der Waals surface area contributed by atoms with Crippen LogP contribution in [0, 0.1) is 11.8 Å². The fraction of sp³-hybridized carbons (Fsp3) is 0.467. The zero-order valence-corrected chi connectivity index (χ0v) is 13.8. The molecule has 0 unspecified atom stereocenters. The van der Waals surface area contributed by atoms with E-state index in [1.165, 1.54) is 17.8 Å². The quantitative estimate of drug-likeness (QED) is 0.371. The minimum atomic E-state index is -1.28. The van der Waals surface area contributed by atoms with Gasteiger partial charge in [-0.2, -0.15) is 0 Å². The number of nitrogen functional groups attached to an aromatic ring is 1. The largest absolute Gasteiger partial charge is 0.394 e. The Balaban J connectivity index is 1.94. The number of aliphatic hydroxyl groups excluding tert-OH is 3. The van der Waals surface area contributed by atoms with E-state index in [1.54, 1.807) is 0 Å². The van der Waals surface area contributed by atoms with Gasteiger partial charge in [0, 0.05) is 6.92 Å². The van der Waals surface area contributed by atoms with Crippen molar-refractivity contribution in [2.45, 2.75) is 31.5 Å². The third kappa shape index (κ3) is 3.31. The number of nitrogens with two attached hydrogens (primary N) is 1. The molecule has 2 aromatic heterocycles. The normalized spacial score (nSPS) is 25.1. The average Bonchev–Trinajstić information content (AvgIpc) is 3.14. The predicted molar refractivity (Wildman–Crippen MR) is 88.3 cm³/mol. The van der Waals surface area contributed by atoms with Gasteiger partial charge < -0.3 is 31.1 Å². The predicted octanol–water partition coefficient (Wildman–Crippen LogP) is -2.49. The first kappa shape index (κ1) is 18.0. The Kier molecular flexibility index (Phi) is 5.01. The molecule has 2 aromatic rings.